The summed E-state index contributed by atoms with van der Waals surface area (Å²) in [5.74, 6) is 0. The van der Waals surface area contributed by atoms with Gasteiger partial charge in [0, 0.05) is 13.2 Å². The molecule has 62 valence electrons. The maximum absolute atomic E-state index is 8.45. The van der Waals surface area contributed by atoms with Crippen LogP contribution in [0.25, 0.3) is 0 Å². The van der Waals surface area contributed by atoms with Gasteiger partial charge in [-0.05, 0) is 32.5 Å². The molecule has 0 radical (unpaired) electrons. The molecule has 0 fully saturated rings. The number of unbranched alkanes of at least 4 members (excludes halogenated alkanes) is 1. The molecular formula is C7H18O2Si. The highest BCUT2D eigenvalue weighted by atomic mass is 28.4. The molecule has 0 unspecified atom stereocenters. The van der Waals surface area contributed by atoms with E-state index in [1.165, 1.54) is 0 Å². The Labute approximate surface area is 64.3 Å². The summed E-state index contributed by atoms with van der Waals surface area (Å²) >= 11 is 0. The zero-order chi connectivity index (χ0) is 8.04. The topological polar surface area (TPSA) is 29.5 Å². The molecular weight excluding hydrogens is 144 g/mol. The summed E-state index contributed by atoms with van der Waals surface area (Å²) in [6.07, 6.45) is 1.85. The van der Waals surface area contributed by atoms with Crippen molar-refractivity contribution in [1.29, 1.82) is 0 Å². The molecule has 1 N–H and O–H groups in total. The van der Waals surface area contributed by atoms with E-state index in [9.17, 15) is 0 Å². The highest BCUT2D eigenvalue weighted by molar-refractivity contribution is 6.69. The SMILES string of the molecule is C[Si](C)(C)OCCCCO. The highest BCUT2D eigenvalue weighted by Gasteiger charge is 2.12. The lowest BCUT2D eigenvalue weighted by molar-refractivity contribution is 0.250. The Hall–Kier alpha value is 0.137. The predicted molar refractivity (Wildman–Crippen MR) is 45.6 cm³/mol. The molecule has 0 amide bonds. The number of aliphatic hydroxyl groups excluding tert-OH is 1. The molecule has 3 heteroatoms. The van der Waals surface area contributed by atoms with Gasteiger partial charge in [-0.3, -0.25) is 0 Å². The van der Waals surface area contributed by atoms with E-state index in [0.29, 0.717) is 0 Å². The Morgan fingerprint density at radius 2 is 1.80 bits per heavy atom. The van der Waals surface area contributed by atoms with Crippen molar-refractivity contribution in [2.24, 2.45) is 0 Å². The Morgan fingerprint density at radius 1 is 1.20 bits per heavy atom. The van der Waals surface area contributed by atoms with Crippen LogP contribution >= 0.6 is 0 Å². The molecule has 0 aliphatic rings. The van der Waals surface area contributed by atoms with Crippen LogP contribution in [0.5, 0.6) is 0 Å². The summed E-state index contributed by atoms with van der Waals surface area (Å²) < 4.78 is 5.56. The minimum absolute atomic E-state index is 0.287. The molecule has 0 aromatic heterocycles. The molecule has 0 aliphatic heterocycles. The van der Waals surface area contributed by atoms with Crippen molar-refractivity contribution in [3.8, 4) is 0 Å². The Kier molecular flexibility index (Phi) is 4.94. The fourth-order valence-corrected chi connectivity index (χ4v) is 1.35. The van der Waals surface area contributed by atoms with Gasteiger partial charge in [-0.1, -0.05) is 0 Å². The quantitative estimate of drug-likeness (QED) is 0.491. The maximum Gasteiger partial charge on any atom is 0.183 e. The first kappa shape index (κ1) is 10.1. The molecule has 0 atom stereocenters. The molecule has 0 saturated carbocycles. The number of hydrogen-bond acceptors (Lipinski definition) is 2. The standard InChI is InChI=1S/C7H18O2Si/c1-10(2,3)9-7-5-4-6-8/h8H,4-7H2,1-3H3. The normalized spacial score (nSPS) is 12.0. The number of hydrogen-bond donors (Lipinski definition) is 1. The van der Waals surface area contributed by atoms with Crippen LogP contribution in [-0.2, 0) is 4.43 Å². The molecule has 2 nitrogen and oxygen atoms in total. The van der Waals surface area contributed by atoms with Crippen LogP contribution in [0.15, 0.2) is 0 Å². The van der Waals surface area contributed by atoms with Gasteiger partial charge < -0.3 is 9.53 Å². The molecule has 10 heavy (non-hydrogen) atoms. The molecule has 0 aliphatic carbocycles. The van der Waals surface area contributed by atoms with Gasteiger partial charge in [0.05, 0.1) is 0 Å². The third kappa shape index (κ3) is 8.14. The van der Waals surface area contributed by atoms with E-state index < -0.39 is 8.32 Å². The van der Waals surface area contributed by atoms with Gasteiger partial charge in [-0.2, -0.15) is 0 Å². The first-order chi connectivity index (χ1) is 4.56. The number of aliphatic hydroxyl groups is 1. The first-order valence-electron chi connectivity index (χ1n) is 3.81. The summed E-state index contributed by atoms with van der Waals surface area (Å²) in [5, 5.41) is 8.45. The molecule has 0 bridgehead atoms. The second-order valence-corrected chi connectivity index (χ2v) is 7.90. The zero-order valence-corrected chi connectivity index (χ0v) is 8.18. The summed E-state index contributed by atoms with van der Waals surface area (Å²) in [4.78, 5) is 0. The third-order valence-electron chi connectivity index (χ3n) is 1.09. The van der Waals surface area contributed by atoms with Crippen molar-refractivity contribution in [3.63, 3.8) is 0 Å². The summed E-state index contributed by atoms with van der Waals surface area (Å²) in [5.41, 5.74) is 0. The van der Waals surface area contributed by atoms with E-state index in [4.69, 9.17) is 9.53 Å². The van der Waals surface area contributed by atoms with E-state index >= 15 is 0 Å². The van der Waals surface area contributed by atoms with E-state index in [-0.39, 0.29) is 6.61 Å². The molecule has 0 aromatic rings. The smallest absolute Gasteiger partial charge is 0.183 e. The van der Waals surface area contributed by atoms with Crippen LogP contribution in [0.3, 0.4) is 0 Å². The average Bonchev–Trinajstić information content (AvgIpc) is 1.78. The van der Waals surface area contributed by atoms with E-state index in [1.54, 1.807) is 0 Å². The largest absolute Gasteiger partial charge is 0.418 e. The molecule has 0 saturated heterocycles. The lowest BCUT2D eigenvalue weighted by atomic mass is 10.3. The van der Waals surface area contributed by atoms with Crippen LogP contribution < -0.4 is 0 Å². The molecule has 0 spiro atoms. The summed E-state index contributed by atoms with van der Waals surface area (Å²) in [6, 6.07) is 0. The van der Waals surface area contributed by atoms with Gasteiger partial charge in [0.25, 0.3) is 0 Å². The maximum atomic E-state index is 8.45. The fourth-order valence-electron chi connectivity index (χ4n) is 0.592. The van der Waals surface area contributed by atoms with Crippen LogP contribution in [0, 0.1) is 0 Å². The van der Waals surface area contributed by atoms with Gasteiger partial charge >= 0.3 is 0 Å². The van der Waals surface area contributed by atoms with Crippen LogP contribution in [0.2, 0.25) is 19.6 Å². The van der Waals surface area contributed by atoms with Crippen molar-refractivity contribution in [2.75, 3.05) is 13.2 Å². The average molecular weight is 162 g/mol. The Morgan fingerprint density at radius 3 is 2.20 bits per heavy atom. The lowest BCUT2D eigenvalue weighted by Gasteiger charge is -2.16. The van der Waals surface area contributed by atoms with Crippen molar-refractivity contribution < 1.29 is 9.53 Å². The molecule has 0 heterocycles. The van der Waals surface area contributed by atoms with E-state index in [2.05, 4.69) is 19.6 Å². The first-order valence-corrected chi connectivity index (χ1v) is 7.22. The van der Waals surface area contributed by atoms with Crippen molar-refractivity contribution in [2.45, 2.75) is 32.5 Å². The second kappa shape index (κ2) is 4.88. The minimum Gasteiger partial charge on any atom is -0.418 e. The van der Waals surface area contributed by atoms with Gasteiger partial charge in [0.15, 0.2) is 8.32 Å². The molecule has 0 aromatic carbocycles. The van der Waals surface area contributed by atoms with Crippen molar-refractivity contribution >= 4 is 8.32 Å². The van der Waals surface area contributed by atoms with Gasteiger partial charge in [0.1, 0.15) is 0 Å². The van der Waals surface area contributed by atoms with Gasteiger partial charge in [-0.15, -0.1) is 0 Å². The van der Waals surface area contributed by atoms with Crippen molar-refractivity contribution in [3.05, 3.63) is 0 Å². The number of rotatable bonds is 5. The zero-order valence-electron chi connectivity index (χ0n) is 7.18. The van der Waals surface area contributed by atoms with Crippen LogP contribution in [0.4, 0.5) is 0 Å². The predicted octanol–water partition coefficient (Wildman–Crippen LogP) is 1.61. The van der Waals surface area contributed by atoms with Gasteiger partial charge in [0.2, 0.25) is 0 Å². The minimum atomic E-state index is -1.29. The lowest BCUT2D eigenvalue weighted by Crippen LogP contribution is -2.25. The Bertz CT molecular complexity index is 78.2. The van der Waals surface area contributed by atoms with Crippen LogP contribution in [-0.4, -0.2) is 26.6 Å². The molecule has 0 rings (SSSR count). The fraction of sp³-hybridized carbons (Fsp3) is 1.00. The van der Waals surface area contributed by atoms with Crippen molar-refractivity contribution in [1.82, 2.24) is 0 Å². The monoisotopic (exact) mass is 162 g/mol. The van der Waals surface area contributed by atoms with E-state index in [1.807, 2.05) is 0 Å². The summed E-state index contributed by atoms with van der Waals surface area (Å²) in [7, 11) is -1.29. The Balaban J connectivity index is 3.04. The van der Waals surface area contributed by atoms with Crippen LogP contribution in [0.1, 0.15) is 12.8 Å². The van der Waals surface area contributed by atoms with Gasteiger partial charge in [-0.25, -0.2) is 0 Å². The second-order valence-electron chi connectivity index (χ2n) is 3.39. The summed E-state index contributed by atoms with van der Waals surface area (Å²) in [6.45, 7) is 7.62. The van der Waals surface area contributed by atoms with E-state index in [0.717, 1.165) is 19.4 Å². The third-order valence-corrected chi connectivity index (χ3v) is 2.16. The highest BCUT2D eigenvalue weighted by Crippen LogP contribution is 2.03.